The van der Waals surface area contributed by atoms with Crippen LogP contribution in [0.25, 0.3) is 11.0 Å². The lowest BCUT2D eigenvalue weighted by Gasteiger charge is -2.38. The van der Waals surface area contributed by atoms with Gasteiger partial charge in [0, 0.05) is 39.3 Å². The minimum atomic E-state index is -3.67. The molecule has 14 nitrogen and oxygen atoms in total. The molecule has 2 saturated heterocycles. The first-order valence-electron chi connectivity index (χ1n) is 19.1. The minimum Gasteiger partial charge on any atom is -0.497 e. The number of carbonyl (C=O) groups excluding carboxylic acids is 1. The van der Waals surface area contributed by atoms with Crippen molar-refractivity contribution in [1.29, 1.82) is 0 Å². The number of anilines is 1. The molecule has 1 aromatic heterocycles. The topological polar surface area (TPSA) is 154 Å². The molecule has 2 N–H and O–H groups in total. The van der Waals surface area contributed by atoms with Crippen LogP contribution in [0.4, 0.5) is 5.95 Å². The maximum atomic E-state index is 14.7. The second kappa shape index (κ2) is 19.5. The van der Waals surface area contributed by atoms with Crippen LogP contribution in [0.3, 0.4) is 0 Å². The van der Waals surface area contributed by atoms with Crippen molar-refractivity contribution < 1.29 is 41.4 Å². The third-order valence-corrected chi connectivity index (χ3v) is 10.5. The highest BCUT2D eigenvalue weighted by Crippen LogP contribution is 2.43. The van der Waals surface area contributed by atoms with E-state index in [2.05, 4.69) is 45.1 Å². The molecular formula is C41H57N5O9S. The van der Waals surface area contributed by atoms with Crippen LogP contribution in [0.5, 0.6) is 23.0 Å². The smallest absolute Gasteiger partial charge is 0.261 e. The molecule has 2 unspecified atom stereocenters. The molecule has 0 radical (unpaired) electrons. The van der Waals surface area contributed by atoms with Gasteiger partial charge in [-0.1, -0.05) is 24.3 Å². The first kappa shape index (κ1) is 42.6. The van der Waals surface area contributed by atoms with E-state index in [-0.39, 0.29) is 12.1 Å². The van der Waals surface area contributed by atoms with Crippen molar-refractivity contribution in [3.63, 3.8) is 0 Å². The molecule has 2 fully saturated rings. The van der Waals surface area contributed by atoms with Crippen molar-refractivity contribution in [2.75, 3.05) is 72.9 Å². The van der Waals surface area contributed by atoms with E-state index in [0.29, 0.717) is 56.2 Å². The largest absolute Gasteiger partial charge is 0.497 e. The number of piperidine rings is 1. The molecule has 2 aliphatic rings. The number of nitrogens with zero attached hydrogens (tertiary/aromatic N) is 4. The number of rotatable bonds is 17. The number of carbonyl (C=O) groups is 1. The maximum Gasteiger partial charge on any atom is 0.261 e. The summed E-state index contributed by atoms with van der Waals surface area (Å²) < 4.78 is 56.0. The molecular weight excluding hydrogens is 739 g/mol. The predicted octanol–water partition coefficient (Wildman–Crippen LogP) is 5.89. The molecule has 56 heavy (non-hydrogen) atoms. The van der Waals surface area contributed by atoms with Crippen molar-refractivity contribution in [1.82, 2.24) is 19.4 Å². The van der Waals surface area contributed by atoms with Crippen LogP contribution in [-0.2, 0) is 39.2 Å². The van der Waals surface area contributed by atoms with Crippen LogP contribution >= 0.6 is 0 Å². The maximum absolute atomic E-state index is 14.7. The van der Waals surface area contributed by atoms with E-state index >= 15 is 0 Å². The highest BCUT2D eigenvalue weighted by molar-refractivity contribution is 7.85. The van der Waals surface area contributed by atoms with Gasteiger partial charge in [0.2, 0.25) is 17.6 Å². The fraction of sp³-hybridized carbons (Fsp3) is 0.512. The van der Waals surface area contributed by atoms with Crippen LogP contribution in [0, 0.1) is 5.41 Å². The van der Waals surface area contributed by atoms with Crippen LogP contribution in [-0.4, -0.2) is 112 Å². The molecule has 15 heteroatoms. The van der Waals surface area contributed by atoms with Crippen molar-refractivity contribution in [2.45, 2.75) is 64.7 Å². The first-order chi connectivity index (χ1) is 26.9. The van der Waals surface area contributed by atoms with E-state index in [9.17, 15) is 13.2 Å². The Hall–Kier alpha value is -4.57. The molecule has 3 aromatic carbocycles. The predicted molar refractivity (Wildman–Crippen MR) is 216 cm³/mol. The summed E-state index contributed by atoms with van der Waals surface area (Å²) in [5.74, 6) is 3.57. The zero-order valence-electron chi connectivity index (χ0n) is 33.5. The molecule has 0 bridgehead atoms. The monoisotopic (exact) mass is 795 g/mol. The van der Waals surface area contributed by atoms with E-state index in [4.69, 9.17) is 33.2 Å². The van der Waals surface area contributed by atoms with Crippen LogP contribution in [0.2, 0.25) is 0 Å². The number of imidazole rings is 1. The number of ether oxygens (including phenoxy) is 5. The molecule has 4 aromatic rings. The van der Waals surface area contributed by atoms with E-state index in [1.54, 1.807) is 28.4 Å². The fourth-order valence-corrected chi connectivity index (χ4v) is 7.75. The number of para-hydroxylation sites is 2. The summed E-state index contributed by atoms with van der Waals surface area (Å²) >= 11 is 0. The molecule has 306 valence electrons. The summed E-state index contributed by atoms with van der Waals surface area (Å²) in [6.07, 6.45) is 6.32. The summed E-state index contributed by atoms with van der Waals surface area (Å²) in [5.41, 5.74) is 3.60. The minimum absolute atomic E-state index is 0.117. The fourth-order valence-electron chi connectivity index (χ4n) is 7.75. The normalized spacial score (nSPS) is 18.7. The Kier molecular flexibility index (Phi) is 14.8. The lowest BCUT2D eigenvalue weighted by molar-refractivity contribution is -0.137. The molecule has 2 atom stereocenters. The second-order valence-corrected chi connectivity index (χ2v) is 15.7. The van der Waals surface area contributed by atoms with Gasteiger partial charge in [-0.3, -0.25) is 14.2 Å². The van der Waals surface area contributed by atoms with Gasteiger partial charge in [-0.25, -0.2) is 4.98 Å². The zero-order chi connectivity index (χ0) is 40.3. The number of hydrogen-bond donors (Lipinski definition) is 2. The lowest BCUT2D eigenvalue weighted by Crippen LogP contribution is -2.47. The zero-order valence-corrected chi connectivity index (χ0v) is 34.3. The summed E-state index contributed by atoms with van der Waals surface area (Å²) in [6, 6.07) is 20.3. The van der Waals surface area contributed by atoms with Gasteiger partial charge in [-0.15, -0.1) is 0 Å². The average Bonchev–Trinajstić information content (AvgIpc) is 3.69. The summed E-state index contributed by atoms with van der Waals surface area (Å²) in [4.78, 5) is 24.2. The van der Waals surface area contributed by atoms with E-state index in [1.807, 2.05) is 42.2 Å². The quantitative estimate of drug-likeness (QED) is 0.0969. The molecule has 1 amide bonds. The van der Waals surface area contributed by atoms with Crippen LogP contribution in [0.15, 0.2) is 60.7 Å². The van der Waals surface area contributed by atoms with Crippen LogP contribution < -0.4 is 24.3 Å². The first-order valence-corrected chi connectivity index (χ1v) is 20.9. The standard InChI is InChI=1S/C40H53N5O6.CH4O3S/c1-6-51-24-23-45-33-12-8-7-11-32(33)41-39(45)42-36-13-9-10-20-43(36)21-18-40(27-29-14-16-31(47-2)17-15-29)19-22-44(38(40)46)28-30-25-34(48-3)37(50-5)35(26-30)49-4;1-5(2,3)4/h7-8,11-12,14-17,25-26,36H,6,9-10,13,18-24,27-28H2,1-5H3,(H,41,42);1H3,(H,2,3,4). The van der Waals surface area contributed by atoms with Crippen molar-refractivity contribution in [3.8, 4) is 23.0 Å². The number of benzene rings is 3. The van der Waals surface area contributed by atoms with Crippen molar-refractivity contribution in [3.05, 3.63) is 71.8 Å². The Balaban J connectivity index is 0.00000113. The number of nitrogens with one attached hydrogen (secondary N) is 1. The Bertz CT molecular complexity index is 1970. The average molecular weight is 796 g/mol. The van der Waals surface area contributed by atoms with Crippen molar-refractivity contribution >= 4 is 33.0 Å². The van der Waals surface area contributed by atoms with E-state index in [0.717, 1.165) is 85.6 Å². The van der Waals surface area contributed by atoms with Gasteiger partial charge in [-0.2, -0.15) is 8.42 Å². The third-order valence-electron chi connectivity index (χ3n) is 10.5. The summed E-state index contributed by atoms with van der Waals surface area (Å²) in [5, 5.41) is 3.83. The Morgan fingerprint density at radius 3 is 2.25 bits per heavy atom. The summed E-state index contributed by atoms with van der Waals surface area (Å²) in [7, 11) is 2.83. The highest BCUT2D eigenvalue weighted by atomic mass is 32.2. The second-order valence-electron chi connectivity index (χ2n) is 14.3. The van der Waals surface area contributed by atoms with Gasteiger partial charge >= 0.3 is 0 Å². The summed E-state index contributed by atoms with van der Waals surface area (Å²) in [6.45, 7) is 6.97. The van der Waals surface area contributed by atoms with Gasteiger partial charge in [0.25, 0.3) is 10.1 Å². The van der Waals surface area contributed by atoms with Gasteiger partial charge in [0.15, 0.2) is 11.5 Å². The Labute approximate surface area is 330 Å². The number of likely N-dealkylation sites (tertiary alicyclic amines) is 2. The molecule has 0 aliphatic carbocycles. The van der Waals surface area contributed by atoms with E-state index < -0.39 is 15.5 Å². The van der Waals surface area contributed by atoms with Crippen LogP contribution in [0.1, 0.15) is 50.2 Å². The molecule has 3 heterocycles. The lowest BCUT2D eigenvalue weighted by atomic mass is 9.77. The molecule has 0 saturated carbocycles. The van der Waals surface area contributed by atoms with Gasteiger partial charge in [0.1, 0.15) is 5.75 Å². The SMILES string of the molecule is CCOCCn1c(NC2CCCCN2CCC2(Cc3ccc(OC)cc3)CCN(Cc3cc(OC)c(OC)c(OC)c3)C2=O)nc2ccccc21.CS(=O)(=O)O. The Morgan fingerprint density at radius 2 is 1.61 bits per heavy atom. The Morgan fingerprint density at radius 1 is 0.911 bits per heavy atom. The van der Waals surface area contributed by atoms with E-state index in [1.165, 1.54) is 0 Å². The number of amides is 1. The molecule has 0 spiro atoms. The highest BCUT2D eigenvalue weighted by Gasteiger charge is 2.47. The number of fused-ring (bicyclic) bond motifs is 1. The number of hydrogen-bond acceptors (Lipinski definition) is 11. The third kappa shape index (κ3) is 10.8. The number of aromatic nitrogens is 2. The number of methoxy groups -OCH3 is 4. The molecule has 6 rings (SSSR count). The van der Waals surface area contributed by atoms with Gasteiger partial charge in [-0.05, 0) is 93.0 Å². The van der Waals surface area contributed by atoms with Gasteiger partial charge in [0.05, 0.1) is 63.9 Å². The molecule has 2 aliphatic heterocycles. The van der Waals surface area contributed by atoms with Gasteiger partial charge < -0.3 is 38.5 Å². The van der Waals surface area contributed by atoms with Crippen molar-refractivity contribution in [2.24, 2.45) is 5.41 Å².